The zero-order valence-electron chi connectivity index (χ0n) is 13.1. The smallest absolute Gasteiger partial charge is 0.272 e. The molecule has 1 aromatic carbocycles. The first-order valence-electron chi connectivity index (χ1n) is 8.04. The summed E-state index contributed by atoms with van der Waals surface area (Å²) in [5, 5.41) is 14.4. The molecule has 6 nitrogen and oxygen atoms in total. The highest BCUT2D eigenvalue weighted by molar-refractivity contribution is 5.42. The van der Waals surface area contributed by atoms with E-state index in [1.165, 1.54) is 6.42 Å². The van der Waals surface area contributed by atoms with Crippen molar-refractivity contribution in [3.63, 3.8) is 0 Å². The number of piperazine rings is 1. The van der Waals surface area contributed by atoms with Crippen LogP contribution in [0.2, 0.25) is 0 Å². The van der Waals surface area contributed by atoms with E-state index >= 15 is 0 Å². The van der Waals surface area contributed by atoms with Crippen molar-refractivity contribution in [3.05, 3.63) is 39.4 Å². The van der Waals surface area contributed by atoms with Crippen LogP contribution in [-0.2, 0) is 6.54 Å². The quantitative estimate of drug-likeness (QED) is 0.673. The number of nitrogens with one attached hydrogen (secondary N) is 1. The van der Waals surface area contributed by atoms with Crippen LogP contribution in [0.25, 0.3) is 0 Å². The molecular formula is C16H24N4O2. The molecule has 0 spiro atoms. The van der Waals surface area contributed by atoms with E-state index in [1.807, 2.05) is 12.1 Å². The highest BCUT2D eigenvalue weighted by atomic mass is 16.6. The van der Waals surface area contributed by atoms with Crippen LogP contribution in [0.15, 0.2) is 18.2 Å². The van der Waals surface area contributed by atoms with Crippen molar-refractivity contribution < 1.29 is 4.92 Å². The summed E-state index contributed by atoms with van der Waals surface area (Å²) in [6, 6.07) is 6.24. The molecule has 2 saturated heterocycles. The first-order valence-corrected chi connectivity index (χ1v) is 8.04. The van der Waals surface area contributed by atoms with E-state index in [-0.39, 0.29) is 10.6 Å². The van der Waals surface area contributed by atoms with E-state index in [0.717, 1.165) is 56.9 Å². The van der Waals surface area contributed by atoms with Gasteiger partial charge in [-0.25, -0.2) is 0 Å². The molecule has 0 aliphatic carbocycles. The maximum atomic E-state index is 11.0. The van der Waals surface area contributed by atoms with Crippen molar-refractivity contribution in [2.45, 2.75) is 25.9 Å². The van der Waals surface area contributed by atoms with Crippen molar-refractivity contribution in [1.29, 1.82) is 0 Å². The molecule has 2 fully saturated rings. The lowest BCUT2D eigenvalue weighted by Crippen LogP contribution is -2.49. The van der Waals surface area contributed by atoms with Crippen LogP contribution in [0.4, 0.5) is 5.69 Å². The van der Waals surface area contributed by atoms with Crippen molar-refractivity contribution in [1.82, 2.24) is 15.1 Å². The van der Waals surface area contributed by atoms with E-state index in [1.54, 1.807) is 13.0 Å². The van der Waals surface area contributed by atoms with Gasteiger partial charge in [-0.2, -0.15) is 0 Å². The minimum Gasteiger partial charge on any atom is -0.314 e. The zero-order valence-corrected chi connectivity index (χ0v) is 13.1. The second-order valence-corrected chi connectivity index (χ2v) is 6.34. The maximum absolute atomic E-state index is 11.0. The number of aryl methyl sites for hydroxylation is 1. The average molecular weight is 304 g/mol. The van der Waals surface area contributed by atoms with Gasteiger partial charge in [0, 0.05) is 63.5 Å². The topological polar surface area (TPSA) is 61.6 Å². The molecule has 2 aliphatic heterocycles. The molecule has 0 radical (unpaired) electrons. The average Bonchev–Trinajstić information content (AvgIpc) is 2.98. The van der Waals surface area contributed by atoms with Crippen LogP contribution in [-0.4, -0.2) is 60.0 Å². The number of hydrogen-bond acceptors (Lipinski definition) is 5. The fourth-order valence-electron chi connectivity index (χ4n) is 3.51. The van der Waals surface area contributed by atoms with Crippen LogP contribution in [0.1, 0.15) is 17.5 Å². The summed E-state index contributed by atoms with van der Waals surface area (Å²) in [4.78, 5) is 15.8. The minimum atomic E-state index is -0.285. The van der Waals surface area contributed by atoms with Crippen molar-refractivity contribution in [3.8, 4) is 0 Å². The van der Waals surface area contributed by atoms with Gasteiger partial charge in [0.25, 0.3) is 5.69 Å². The molecule has 2 heterocycles. The second kappa shape index (κ2) is 6.73. The van der Waals surface area contributed by atoms with Gasteiger partial charge in [0.15, 0.2) is 0 Å². The highest BCUT2D eigenvalue weighted by Crippen LogP contribution is 2.23. The molecule has 3 rings (SSSR count). The number of hydrogen-bond donors (Lipinski definition) is 1. The molecular weight excluding hydrogens is 280 g/mol. The number of likely N-dealkylation sites (tertiary alicyclic amines) is 1. The lowest BCUT2D eigenvalue weighted by Gasteiger charge is -2.32. The predicted octanol–water partition coefficient (Wildman–Crippen LogP) is 1.38. The van der Waals surface area contributed by atoms with E-state index in [4.69, 9.17) is 0 Å². The summed E-state index contributed by atoms with van der Waals surface area (Å²) < 4.78 is 0. The van der Waals surface area contributed by atoms with Gasteiger partial charge in [-0.05, 0) is 18.9 Å². The van der Waals surface area contributed by atoms with Crippen LogP contribution >= 0.6 is 0 Å². The molecule has 0 aromatic heterocycles. The first kappa shape index (κ1) is 15.4. The summed E-state index contributed by atoms with van der Waals surface area (Å²) in [6.45, 7) is 9.18. The summed E-state index contributed by atoms with van der Waals surface area (Å²) in [6.07, 6.45) is 1.20. The van der Waals surface area contributed by atoms with Crippen LogP contribution in [0, 0.1) is 17.0 Å². The molecule has 6 heteroatoms. The van der Waals surface area contributed by atoms with Crippen molar-refractivity contribution in [2.24, 2.45) is 0 Å². The zero-order chi connectivity index (χ0) is 15.5. The van der Waals surface area contributed by atoms with Gasteiger partial charge >= 0.3 is 0 Å². The molecule has 1 aromatic rings. The third-order valence-electron chi connectivity index (χ3n) is 4.79. The van der Waals surface area contributed by atoms with Gasteiger partial charge in [0.05, 0.1) is 4.92 Å². The first-order chi connectivity index (χ1) is 10.6. The monoisotopic (exact) mass is 304 g/mol. The maximum Gasteiger partial charge on any atom is 0.272 e. The number of nitrogens with zero attached hydrogens (tertiary/aromatic N) is 3. The molecule has 0 amide bonds. The van der Waals surface area contributed by atoms with Gasteiger partial charge in [-0.15, -0.1) is 0 Å². The Morgan fingerprint density at radius 1 is 1.32 bits per heavy atom. The fraction of sp³-hybridized carbons (Fsp3) is 0.625. The Balaban J connectivity index is 1.60. The number of benzene rings is 1. The van der Waals surface area contributed by atoms with E-state index in [2.05, 4.69) is 15.1 Å². The highest BCUT2D eigenvalue weighted by Gasteiger charge is 2.28. The lowest BCUT2D eigenvalue weighted by molar-refractivity contribution is -0.385. The van der Waals surface area contributed by atoms with Gasteiger partial charge in [-0.1, -0.05) is 12.1 Å². The molecule has 22 heavy (non-hydrogen) atoms. The number of nitro groups is 1. The molecule has 1 unspecified atom stereocenters. The molecule has 120 valence electrons. The Morgan fingerprint density at radius 3 is 2.82 bits per heavy atom. The minimum absolute atomic E-state index is 0.232. The summed E-state index contributed by atoms with van der Waals surface area (Å²) in [5.74, 6) is 0. The molecule has 0 bridgehead atoms. The van der Waals surface area contributed by atoms with Gasteiger partial charge in [0.2, 0.25) is 0 Å². The van der Waals surface area contributed by atoms with Crippen LogP contribution in [0.3, 0.4) is 0 Å². The molecule has 1 atom stereocenters. The summed E-state index contributed by atoms with van der Waals surface area (Å²) >= 11 is 0. The standard InChI is InChI=1S/C16H24N4O2/c1-13-2-3-14(10-16(13)20(21)22)11-18-7-4-15(12-18)19-8-5-17-6-9-19/h2-3,10,15,17H,4-9,11-12H2,1H3. The fourth-order valence-corrected chi connectivity index (χ4v) is 3.51. The molecule has 0 saturated carbocycles. The van der Waals surface area contributed by atoms with Crippen LogP contribution in [0.5, 0.6) is 0 Å². The second-order valence-electron chi connectivity index (χ2n) is 6.34. The summed E-state index contributed by atoms with van der Waals surface area (Å²) in [5.41, 5.74) is 2.00. The van der Waals surface area contributed by atoms with E-state index in [9.17, 15) is 10.1 Å². The Bertz CT molecular complexity index is 543. The number of rotatable bonds is 4. The lowest BCUT2D eigenvalue weighted by atomic mass is 10.1. The van der Waals surface area contributed by atoms with Crippen LogP contribution < -0.4 is 5.32 Å². The normalized spacial score (nSPS) is 23.8. The van der Waals surface area contributed by atoms with Gasteiger partial charge in [0.1, 0.15) is 0 Å². The largest absolute Gasteiger partial charge is 0.314 e. The summed E-state index contributed by atoms with van der Waals surface area (Å²) in [7, 11) is 0. The third-order valence-corrected chi connectivity index (χ3v) is 4.79. The third kappa shape index (κ3) is 3.45. The predicted molar refractivity (Wildman–Crippen MR) is 86.0 cm³/mol. The van der Waals surface area contributed by atoms with Gasteiger partial charge in [-0.3, -0.25) is 19.9 Å². The Labute approximate surface area is 131 Å². The SMILES string of the molecule is Cc1ccc(CN2CCC(N3CCNCC3)C2)cc1[N+](=O)[O-]. The van der Waals surface area contributed by atoms with Crippen molar-refractivity contribution in [2.75, 3.05) is 39.3 Å². The van der Waals surface area contributed by atoms with Crippen molar-refractivity contribution >= 4 is 5.69 Å². The molecule has 1 N–H and O–H groups in total. The number of nitro benzene ring substituents is 1. The Hall–Kier alpha value is -1.50. The van der Waals surface area contributed by atoms with E-state index < -0.39 is 0 Å². The Morgan fingerprint density at radius 2 is 2.09 bits per heavy atom. The molecule has 2 aliphatic rings. The Kier molecular flexibility index (Phi) is 4.71. The van der Waals surface area contributed by atoms with E-state index in [0.29, 0.717) is 6.04 Å². The van der Waals surface area contributed by atoms with Gasteiger partial charge < -0.3 is 5.32 Å².